The normalized spacial score (nSPS) is 12.3. The zero-order valence-electron chi connectivity index (χ0n) is 11.7. The second-order valence-corrected chi connectivity index (χ2v) is 4.63. The molecule has 1 aromatic carbocycles. The van der Waals surface area contributed by atoms with Gasteiger partial charge in [-0.1, -0.05) is 0 Å². The van der Waals surface area contributed by atoms with Crippen LogP contribution in [0.4, 0.5) is 0 Å². The molecule has 1 amide bonds. The molecule has 0 aliphatic carbocycles. The first-order valence-electron chi connectivity index (χ1n) is 6.32. The quantitative estimate of drug-likeness (QED) is 0.853. The molecule has 0 fully saturated rings. The Kier molecular flexibility index (Phi) is 3.39. The van der Waals surface area contributed by atoms with Gasteiger partial charge in [0.25, 0.3) is 5.91 Å². The fourth-order valence-corrected chi connectivity index (χ4v) is 1.82. The maximum atomic E-state index is 11.7. The van der Waals surface area contributed by atoms with Crippen molar-refractivity contribution in [2.24, 2.45) is 0 Å². The minimum Gasteiger partial charge on any atom is -0.484 e. The van der Waals surface area contributed by atoms with Crippen LogP contribution in [0.2, 0.25) is 0 Å². The molecule has 0 unspecified atom stereocenters. The van der Waals surface area contributed by atoms with E-state index in [0.29, 0.717) is 23.1 Å². The highest BCUT2D eigenvalue weighted by Gasteiger charge is 2.16. The van der Waals surface area contributed by atoms with E-state index >= 15 is 0 Å². The number of aromatic nitrogens is 1. The summed E-state index contributed by atoms with van der Waals surface area (Å²) in [6.07, 6.45) is 1.32. The number of nitrogens with zero attached hydrogens (tertiary/aromatic N) is 2. The Morgan fingerprint density at radius 3 is 2.95 bits per heavy atom. The topological polar surface area (TPSA) is 74.0 Å². The standard InChI is InChI=1S/C14H14N2O5/c1-16(2)14(17)10-6-19-13(15-10)7-18-9-3-4-11-12(5-9)21-8-20-11/h3-6H,7-8H2,1-2H3. The van der Waals surface area contributed by atoms with Gasteiger partial charge in [0, 0.05) is 20.2 Å². The molecule has 0 spiro atoms. The molecule has 21 heavy (non-hydrogen) atoms. The van der Waals surface area contributed by atoms with E-state index in [1.54, 1.807) is 32.3 Å². The summed E-state index contributed by atoms with van der Waals surface area (Å²) in [5.74, 6) is 2.06. The lowest BCUT2D eigenvalue weighted by molar-refractivity contribution is 0.0822. The maximum absolute atomic E-state index is 11.7. The van der Waals surface area contributed by atoms with Crippen LogP contribution >= 0.6 is 0 Å². The van der Waals surface area contributed by atoms with Gasteiger partial charge in [-0.05, 0) is 12.1 Å². The van der Waals surface area contributed by atoms with Crippen LogP contribution in [0.1, 0.15) is 16.4 Å². The van der Waals surface area contributed by atoms with Gasteiger partial charge in [0.15, 0.2) is 23.8 Å². The number of hydrogen-bond donors (Lipinski definition) is 0. The van der Waals surface area contributed by atoms with E-state index in [2.05, 4.69) is 4.98 Å². The van der Waals surface area contributed by atoms with Gasteiger partial charge in [-0.3, -0.25) is 4.79 Å². The number of carbonyl (C=O) groups excluding carboxylic acids is 1. The predicted octanol–water partition coefficient (Wildman–Crippen LogP) is 1.68. The summed E-state index contributed by atoms with van der Waals surface area (Å²) >= 11 is 0. The summed E-state index contributed by atoms with van der Waals surface area (Å²) in [4.78, 5) is 17.2. The van der Waals surface area contributed by atoms with Crippen molar-refractivity contribution in [3.63, 3.8) is 0 Å². The number of hydrogen-bond acceptors (Lipinski definition) is 6. The summed E-state index contributed by atoms with van der Waals surface area (Å²) in [5.41, 5.74) is 0.254. The van der Waals surface area contributed by atoms with Gasteiger partial charge >= 0.3 is 0 Å². The summed E-state index contributed by atoms with van der Waals surface area (Å²) in [6.45, 7) is 0.342. The molecular weight excluding hydrogens is 276 g/mol. The highest BCUT2D eigenvalue weighted by molar-refractivity contribution is 5.91. The molecular formula is C14H14N2O5. The number of ether oxygens (including phenoxy) is 3. The SMILES string of the molecule is CN(C)C(=O)c1coc(COc2ccc3c(c2)OCO3)n1. The lowest BCUT2D eigenvalue weighted by Gasteiger charge is -2.06. The van der Waals surface area contributed by atoms with Crippen LogP contribution in [-0.4, -0.2) is 36.7 Å². The van der Waals surface area contributed by atoms with Crippen LogP contribution in [-0.2, 0) is 6.61 Å². The molecule has 3 rings (SSSR count). The number of carbonyl (C=O) groups is 1. The van der Waals surface area contributed by atoms with Crippen LogP contribution in [0.15, 0.2) is 28.9 Å². The molecule has 0 saturated heterocycles. The second kappa shape index (κ2) is 5.35. The van der Waals surface area contributed by atoms with Crippen molar-refractivity contribution in [2.45, 2.75) is 6.61 Å². The number of rotatable bonds is 4. The molecule has 2 aromatic rings. The van der Waals surface area contributed by atoms with Gasteiger partial charge in [-0.15, -0.1) is 0 Å². The Hall–Kier alpha value is -2.70. The third-order valence-electron chi connectivity index (χ3n) is 2.88. The first-order chi connectivity index (χ1) is 10.1. The molecule has 0 atom stereocenters. The van der Waals surface area contributed by atoms with Crippen molar-refractivity contribution in [1.29, 1.82) is 0 Å². The molecule has 110 valence electrons. The first kappa shape index (κ1) is 13.3. The average Bonchev–Trinajstić information content (AvgIpc) is 3.12. The summed E-state index contributed by atoms with van der Waals surface area (Å²) < 4.78 is 21.2. The van der Waals surface area contributed by atoms with Gasteiger partial charge in [0.1, 0.15) is 12.0 Å². The lowest BCUT2D eigenvalue weighted by Crippen LogP contribution is -2.22. The molecule has 0 N–H and O–H groups in total. The Balaban J connectivity index is 1.64. The fraction of sp³-hybridized carbons (Fsp3) is 0.286. The second-order valence-electron chi connectivity index (χ2n) is 4.63. The molecule has 7 heteroatoms. The van der Waals surface area contributed by atoms with E-state index in [0.717, 1.165) is 0 Å². The van der Waals surface area contributed by atoms with Crippen molar-refractivity contribution in [3.8, 4) is 17.2 Å². The number of oxazole rings is 1. The summed E-state index contributed by atoms with van der Waals surface area (Å²) in [7, 11) is 3.31. The summed E-state index contributed by atoms with van der Waals surface area (Å²) in [5, 5.41) is 0. The minimum atomic E-state index is -0.215. The Morgan fingerprint density at radius 1 is 1.33 bits per heavy atom. The molecule has 1 aliphatic rings. The van der Waals surface area contributed by atoms with Crippen LogP contribution in [0.3, 0.4) is 0 Å². The molecule has 0 saturated carbocycles. The van der Waals surface area contributed by atoms with Crippen LogP contribution in [0, 0.1) is 0 Å². The van der Waals surface area contributed by atoms with E-state index in [1.807, 2.05) is 0 Å². The smallest absolute Gasteiger partial charge is 0.275 e. The number of fused-ring (bicyclic) bond motifs is 1. The van der Waals surface area contributed by atoms with E-state index in [-0.39, 0.29) is 25.0 Å². The monoisotopic (exact) mass is 290 g/mol. The van der Waals surface area contributed by atoms with Crippen molar-refractivity contribution < 1.29 is 23.4 Å². The molecule has 1 aromatic heterocycles. The zero-order valence-corrected chi connectivity index (χ0v) is 11.7. The van der Waals surface area contributed by atoms with Gasteiger partial charge in [0.2, 0.25) is 12.7 Å². The van der Waals surface area contributed by atoms with E-state index in [9.17, 15) is 4.79 Å². The summed E-state index contributed by atoms with van der Waals surface area (Å²) in [6, 6.07) is 5.27. The van der Waals surface area contributed by atoms with E-state index in [1.165, 1.54) is 11.2 Å². The molecule has 7 nitrogen and oxygen atoms in total. The fourth-order valence-electron chi connectivity index (χ4n) is 1.82. The largest absolute Gasteiger partial charge is 0.484 e. The minimum absolute atomic E-state index is 0.125. The highest BCUT2D eigenvalue weighted by Crippen LogP contribution is 2.35. The lowest BCUT2D eigenvalue weighted by atomic mass is 10.3. The Morgan fingerprint density at radius 2 is 2.14 bits per heavy atom. The third-order valence-corrected chi connectivity index (χ3v) is 2.88. The van der Waals surface area contributed by atoms with E-state index in [4.69, 9.17) is 18.6 Å². The first-order valence-corrected chi connectivity index (χ1v) is 6.32. The van der Waals surface area contributed by atoms with Crippen LogP contribution in [0.5, 0.6) is 17.2 Å². The Labute approximate surface area is 121 Å². The van der Waals surface area contributed by atoms with Gasteiger partial charge in [-0.25, -0.2) is 4.98 Å². The van der Waals surface area contributed by atoms with Crippen molar-refractivity contribution in [1.82, 2.24) is 9.88 Å². The van der Waals surface area contributed by atoms with Gasteiger partial charge < -0.3 is 23.5 Å². The zero-order chi connectivity index (χ0) is 14.8. The molecule has 0 radical (unpaired) electrons. The Bertz CT molecular complexity index is 665. The van der Waals surface area contributed by atoms with E-state index < -0.39 is 0 Å². The molecule has 0 bridgehead atoms. The van der Waals surface area contributed by atoms with Crippen molar-refractivity contribution in [2.75, 3.05) is 20.9 Å². The van der Waals surface area contributed by atoms with Crippen LogP contribution in [0.25, 0.3) is 0 Å². The van der Waals surface area contributed by atoms with Gasteiger partial charge in [0.05, 0.1) is 0 Å². The highest BCUT2D eigenvalue weighted by atomic mass is 16.7. The van der Waals surface area contributed by atoms with Crippen molar-refractivity contribution in [3.05, 3.63) is 36.0 Å². The number of benzene rings is 1. The number of amides is 1. The van der Waals surface area contributed by atoms with Crippen molar-refractivity contribution >= 4 is 5.91 Å². The average molecular weight is 290 g/mol. The van der Waals surface area contributed by atoms with Crippen LogP contribution < -0.4 is 14.2 Å². The van der Waals surface area contributed by atoms with Gasteiger partial charge in [-0.2, -0.15) is 0 Å². The third kappa shape index (κ3) is 2.76. The maximum Gasteiger partial charge on any atom is 0.275 e. The predicted molar refractivity (Wildman–Crippen MR) is 71.4 cm³/mol. The molecule has 2 heterocycles. The molecule has 1 aliphatic heterocycles.